The van der Waals surface area contributed by atoms with Crippen LogP contribution in [0, 0.1) is 25.2 Å². The molecule has 0 radical (unpaired) electrons. The molecule has 0 aromatic carbocycles. The van der Waals surface area contributed by atoms with E-state index >= 15 is 0 Å². The average Bonchev–Trinajstić information content (AvgIpc) is 2.27. The molecule has 4 heteroatoms. The Morgan fingerprint density at radius 1 is 1.62 bits per heavy atom. The van der Waals surface area contributed by atoms with Crippen molar-refractivity contribution >= 4 is 5.70 Å². The van der Waals surface area contributed by atoms with Crippen LogP contribution < -0.4 is 5.73 Å². The highest BCUT2D eigenvalue weighted by atomic mass is 15.3. The fourth-order valence-corrected chi connectivity index (χ4v) is 1.33. The molecule has 0 aliphatic carbocycles. The van der Waals surface area contributed by atoms with Crippen molar-refractivity contribution in [3.63, 3.8) is 0 Å². The van der Waals surface area contributed by atoms with E-state index in [1.807, 2.05) is 27.0 Å². The van der Waals surface area contributed by atoms with Crippen LogP contribution in [0.5, 0.6) is 0 Å². The zero-order valence-corrected chi connectivity index (χ0v) is 8.00. The van der Waals surface area contributed by atoms with E-state index in [9.17, 15) is 0 Å². The number of allylic oxidation sites excluding steroid dienone is 1. The van der Waals surface area contributed by atoms with Crippen LogP contribution >= 0.6 is 0 Å². The van der Waals surface area contributed by atoms with Gasteiger partial charge >= 0.3 is 0 Å². The van der Waals surface area contributed by atoms with E-state index in [-0.39, 0.29) is 0 Å². The van der Waals surface area contributed by atoms with E-state index in [2.05, 4.69) is 5.10 Å². The van der Waals surface area contributed by atoms with Crippen molar-refractivity contribution in [2.24, 2.45) is 12.8 Å². The number of hydrogen-bond donors (Lipinski definition) is 1. The first kappa shape index (κ1) is 9.33. The molecule has 0 unspecified atom stereocenters. The lowest BCUT2D eigenvalue weighted by molar-refractivity contribution is 0.731. The quantitative estimate of drug-likeness (QED) is 0.645. The zero-order chi connectivity index (χ0) is 10.0. The average molecular weight is 176 g/mol. The third-order valence-electron chi connectivity index (χ3n) is 2.02. The predicted octanol–water partition coefficient (Wildman–Crippen LogP) is 0.860. The summed E-state index contributed by atoms with van der Waals surface area (Å²) in [7, 11) is 1.85. The highest BCUT2D eigenvalue weighted by molar-refractivity contribution is 5.68. The van der Waals surface area contributed by atoms with Crippen LogP contribution in [0.4, 0.5) is 0 Å². The molecule has 0 saturated heterocycles. The number of rotatable bonds is 1. The maximum absolute atomic E-state index is 8.45. The smallest absolute Gasteiger partial charge is 0.0933 e. The second-order valence-corrected chi connectivity index (χ2v) is 2.90. The highest BCUT2D eigenvalue weighted by Crippen LogP contribution is 2.17. The number of hydrogen-bond acceptors (Lipinski definition) is 3. The number of aryl methyl sites for hydroxylation is 2. The predicted molar refractivity (Wildman–Crippen MR) is 50.5 cm³/mol. The molecule has 0 amide bonds. The number of nitrogens with two attached hydrogens (primary N) is 1. The van der Waals surface area contributed by atoms with Crippen molar-refractivity contribution in [2.45, 2.75) is 13.8 Å². The normalized spacial score (nSPS) is 11.4. The Hall–Kier alpha value is -1.76. The molecule has 13 heavy (non-hydrogen) atoms. The summed E-state index contributed by atoms with van der Waals surface area (Å²) in [6.45, 7) is 3.80. The second kappa shape index (κ2) is 3.31. The van der Waals surface area contributed by atoms with Crippen molar-refractivity contribution < 1.29 is 0 Å². The van der Waals surface area contributed by atoms with Crippen molar-refractivity contribution in [3.8, 4) is 6.07 Å². The third-order valence-corrected chi connectivity index (χ3v) is 2.02. The minimum absolute atomic E-state index is 0.477. The minimum atomic E-state index is 0.477. The first-order valence-corrected chi connectivity index (χ1v) is 3.93. The molecular formula is C9H12N4. The summed E-state index contributed by atoms with van der Waals surface area (Å²) in [6.07, 6.45) is 1.33. The Balaban J connectivity index is 3.31. The molecule has 1 rings (SSSR count). The lowest BCUT2D eigenvalue weighted by Crippen LogP contribution is -1.99. The fourth-order valence-electron chi connectivity index (χ4n) is 1.33. The fraction of sp³-hybridized carbons (Fsp3) is 0.333. The standard InChI is InChI=1S/C9H12N4/c1-6-9(8(11)4-5-10)7(2)13(3)12-6/h4H,11H2,1-3H3/b8-4-. The molecule has 2 N–H and O–H groups in total. The molecule has 0 aliphatic rings. The largest absolute Gasteiger partial charge is 0.398 e. The van der Waals surface area contributed by atoms with E-state index < -0.39 is 0 Å². The van der Waals surface area contributed by atoms with Gasteiger partial charge in [-0.1, -0.05) is 0 Å². The van der Waals surface area contributed by atoms with Gasteiger partial charge in [-0.2, -0.15) is 10.4 Å². The van der Waals surface area contributed by atoms with E-state index in [0.29, 0.717) is 5.70 Å². The van der Waals surface area contributed by atoms with Gasteiger partial charge in [0.1, 0.15) is 0 Å². The number of nitrogens with zero attached hydrogens (tertiary/aromatic N) is 3. The van der Waals surface area contributed by atoms with Gasteiger partial charge in [0.05, 0.1) is 17.5 Å². The number of aromatic nitrogens is 2. The van der Waals surface area contributed by atoms with Crippen molar-refractivity contribution in [2.75, 3.05) is 0 Å². The topological polar surface area (TPSA) is 67.6 Å². The summed E-state index contributed by atoms with van der Waals surface area (Å²) in [5.74, 6) is 0. The summed E-state index contributed by atoms with van der Waals surface area (Å²) in [6, 6.07) is 1.91. The SMILES string of the molecule is Cc1nn(C)c(C)c1/C(N)=C/C#N. The van der Waals surface area contributed by atoms with Crippen molar-refractivity contribution in [1.82, 2.24) is 9.78 Å². The molecule has 1 aromatic heterocycles. The third kappa shape index (κ3) is 1.54. The van der Waals surface area contributed by atoms with Gasteiger partial charge in [0.2, 0.25) is 0 Å². The van der Waals surface area contributed by atoms with Gasteiger partial charge in [0.25, 0.3) is 0 Å². The first-order valence-electron chi connectivity index (χ1n) is 3.93. The van der Waals surface area contributed by atoms with Crippen molar-refractivity contribution in [1.29, 1.82) is 5.26 Å². The van der Waals surface area contributed by atoms with Crippen LogP contribution in [0.2, 0.25) is 0 Å². The van der Waals surface area contributed by atoms with Crippen LogP contribution in [0.1, 0.15) is 17.0 Å². The molecule has 0 bridgehead atoms. The monoisotopic (exact) mass is 176 g/mol. The summed E-state index contributed by atoms with van der Waals surface area (Å²) in [4.78, 5) is 0. The molecule has 0 spiro atoms. The molecule has 68 valence electrons. The molecule has 4 nitrogen and oxygen atoms in total. The lowest BCUT2D eigenvalue weighted by Gasteiger charge is -1.99. The lowest BCUT2D eigenvalue weighted by atomic mass is 10.1. The Bertz CT molecular complexity index is 392. The van der Waals surface area contributed by atoms with E-state index in [1.165, 1.54) is 6.08 Å². The molecule has 1 heterocycles. The van der Waals surface area contributed by atoms with E-state index in [0.717, 1.165) is 17.0 Å². The van der Waals surface area contributed by atoms with E-state index in [1.54, 1.807) is 4.68 Å². The van der Waals surface area contributed by atoms with Gasteiger partial charge in [-0.25, -0.2) is 0 Å². The minimum Gasteiger partial charge on any atom is -0.398 e. The van der Waals surface area contributed by atoms with Gasteiger partial charge in [-0.05, 0) is 13.8 Å². The van der Waals surface area contributed by atoms with Crippen LogP contribution in [0.25, 0.3) is 5.70 Å². The Morgan fingerprint density at radius 2 is 2.23 bits per heavy atom. The van der Waals surface area contributed by atoms with Gasteiger partial charge < -0.3 is 5.73 Å². The van der Waals surface area contributed by atoms with Crippen LogP contribution in [-0.2, 0) is 7.05 Å². The first-order chi connectivity index (χ1) is 6.07. The Morgan fingerprint density at radius 3 is 2.62 bits per heavy atom. The van der Waals surface area contributed by atoms with Crippen LogP contribution in [-0.4, -0.2) is 9.78 Å². The number of nitriles is 1. The van der Waals surface area contributed by atoms with Gasteiger partial charge in [-0.3, -0.25) is 4.68 Å². The van der Waals surface area contributed by atoms with Crippen LogP contribution in [0.15, 0.2) is 6.08 Å². The van der Waals surface area contributed by atoms with Crippen molar-refractivity contribution in [3.05, 3.63) is 23.0 Å². The second-order valence-electron chi connectivity index (χ2n) is 2.90. The highest BCUT2D eigenvalue weighted by Gasteiger charge is 2.10. The zero-order valence-electron chi connectivity index (χ0n) is 8.00. The van der Waals surface area contributed by atoms with Crippen LogP contribution in [0.3, 0.4) is 0 Å². The maximum Gasteiger partial charge on any atom is 0.0933 e. The molecule has 0 atom stereocenters. The van der Waals surface area contributed by atoms with E-state index in [4.69, 9.17) is 11.0 Å². The summed E-state index contributed by atoms with van der Waals surface area (Å²) in [5.41, 5.74) is 8.87. The Labute approximate surface area is 77.3 Å². The van der Waals surface area contributed by atoms with Gasteiger partial charge in [0, 0.05) is 24.4 Å². The molecule has 0 fully saturated rings. The molecular weight excluding hydrogens is 164 g/mol. The molecule has 0 aliphatic heterocycles. The summed E-state index contributed by atoms with van der Waals surface area (Å²) < 4.78 is 1.75. The summed E-state index contributed by atoms with van der Waals surface area (Å²) >= 11 is 0. The molecule has 1 aromatic rings. The van der Waals surface area contributed by atoms with Gasteiger partial charge in [0.15, 0.2) is 0 Å². The maximum atomic E-state index is 8.45. The Kier molecular flexibility index (Phi) is 2.38. The molecule has 0 saturated carbocycles. The summed E-state index contributed by atoms with van der Waals surface area (Å²) in [5, 5.41) is 12.7. The van der Waals surface area contributed by atoms with Gasteiger partial charge in [-0.15, -0.1) is 0 Å².